The molecule has 1 amide bonds. The lowest BCUT2D eigenvalue weighted by Crippen LogP contribution is -2.46. The highest BCUT2D eigenvalue weighted by atomic mass is 35.5. The van der Waals surface area contributed by atoms with Gasteiger partial charge in [0.2, 0.25) is 11.6 Å². The monoisotopic (exact) mass is 497 g/mol. The van der Waals surface area contributed by atoms with Gasteiger partial charge in [-0.25, -0.2) is 0 Å². The lowest BCUT2D eigenvalue weighted by atomic mass is 10.0. The number of halogens is 1. The topological polar surface area (TPSA) is 88.2 Å². The van der Waals surface area contributed by atoms with Gasteiger partial charge in [-0.15, -0.1) is 12.4 Å². The molecule has 0 bridgehead atoms. The molecule has 0 spiro atoms. The molecule has 0 unspecified atom stereocenters. The number of likely N-dealkylation sites (N-methyl/N-ethyl adjacent to an activating group) is 1. The molecule has 8 nitrogen and oxygen atoms in total. The summed E-state index contributed by atoms with van der Waals surface area (Å²) in [5, 5.41) is 2.48. The van der Waals surface area contributed by atoms with Gasteiger partial charge >= 0.3 is 0 Å². The first-order valence-electron chi connectivity index (χ1n) is 11.1. The fraction of sp³-hybridized carbons (Fsp3) is 0.269. The maximum absolute atomic E-state index is 12.5. The maximum atomic E-state index is 12.5. The number of nitrogens with one attached hydrogen (secondary N) is 1. The molecule has 1 aliphatic carbocycles. The van der Waals surface area contributed by atoms with Crippen molar-refractivity contribution < 1.29 is 23.9 Å². The molecule has 1 heterocycles. The van der Waals surface area contributed by atoms with Crippen molar-refractivity contribution in [3.63, 3.8) is 0 Å². The van der Waals surface area contributed by atoms with Crippen LogP contribution in [-0.4, -0.2) is 67.1 Å². The molecule has 0 saturated carbocycles. The highest BCUT2D eigenvalue weighted by Gasteiger charge is 2.27. The zero-order chi connectivity index (χ0) is 23.9. The van der Waals surface area contributed by atoms with E-state index in [0.717, 1.165) is 18.7 Å². The molecule has 4 rings (SSSR count). The van der Waals surface area contributed by atoms with Gasteiger partial charge < -0.3 is 24.6 Å². The standard InChI is InChI=1S/C26H27N3O5.ClH/c1-28-11-13-29(14-12-28)23-16-24(30)22(15-25(23)31)27-26(32)18-34-21-9-7-20(8-10-21)33-17-19-5-3-2-4-6-19;/h2-10,15-16H,11-14,17-18H2,1H3,(H,27,32);1H. The van der Waals surface area contributed by atoms with Crippen molar-refractivity contribution in [2.45, 2.75) is 6.61 Å². The van der Waals surface area contributed by atoms with Gasteiger partial charge in [-0.1, -0.05) is 30.3 Å². The van der Waals surface area contributed by atoms with Crippen LogP contribution in [0.2, 0.25) is 0 Å². The average Bonchev–Trinajstić information content (AvgIpc) is 2.85. The van der Waals surface area contributed by atoms with Crippen molar-refractivity contribution in [1.82, 2.24) is 15.1 Å². The Bertz CT molecular complexity index is 1110. The van der Waals surface area contributed by atoms with Crippen LogP contribution in [0.25, 0.3) is 0 Å². The smallest absolute Gasteiger partial charge is 0.262 e. The molecular weight excluding hydrogens is 470 g/mol. The Morgan fingerprint density at radius 2 is 1.49 bits per heavy atom. The number of piperazine rings is 1. The minimum Gasteiger partial charge on any atom is -0.489 e. The molecular formula is C26H28ClN3O5. The molecule has 1 aliphatic heterocycles. The molecule has 0 atom stereocenters. The predicted octanol–water partition coefficient (Wildman–Crippen LogP) is 2.35. The Kier molecular flexibility index (Phi) is 9.05. The van der Waals surface area contributed by atoms with Crippen LogP contribution >= 0.6 is 12.4 Å². The summed E-state index contributed by atoms with van der Waals surface area (Å²) < 4.78 is 11.2. The van der Waals surface area contributed by atoms with E-state index in [1.54, 1.807) is 24.3 Å². The highest BCUT2D eigenvalue weighted by Crippen LogP contribution is 2.19. The van der Waals surface area contributed by atoms with Crippen molar-refractivity contribution in [2.24, 2.45) is 0 Å². The van der Waals surface area contributed by atoms with Crippen LogP contribution in [0.4, 0.5) is 0 Å². The van der Waals surface area contributed by atoms with E-state index >= 15 is 0 Å². The molecule has 9 heteroatoms. The third-order valence-corrected chi connectivity index (χ3v) is 5.62. The molecule has 2 aromatic carbocycles. The number of hydrogen-bond donors (Lipinski definition) is 1. The lowest BCUT2D eigenvalue weighted by Gasteiger charge is -2.35. The van der Waals surface area contributed by atoms with Gasteiger partial charge in [-0.3, -0.25) is 14.4 Å². The van der Waals surface area contributed by atoms with Gasteiger partial charge in [0.25, 0.3) is 5.91 Å². The van der Waals surface area contributed by atoms with Crippen molar-refractivity contribution in [2.75, 3.05) is 39.8 Å². The van der Waals surface area contributed by atoms with Crippen LogP contribution in [0.3, 0.4) is 0 Å². The third-order valence-electron chi connectivity index (χ3n) is 5.62. The van der Waals surface area contributed by atoms with E-state index in [-0.39, 0.29) is 30.5 Å². The minimum absolute atomic E-state index is 0. The number of ketones is 2. The SMILES string of the molecule is CN1CCN(C2=CC(=O)C(NC(=O)COc3ccc(OCc4ccccc4)cc3)=CC2=O)CC1.Cl. The molecule has 1 saturated heterocycles. The second kappa shape index (κ2) is 12.2. The number of benzene rings is 2. The van der Waals surface area contributed by atoms with Gasteiger partial charge in [0, 0.05) is 38.3 Å². The van der Waals surface area contributed by atoms with Crippen molar-refractivity contribution >= 4 is 29.9 Å². The quantitative estimate of drug-likeness (QED) is 0.560. The molecule has 0 aromatic heterocycles. The number of rotatable bonds is 8. The molecule has 1 fully saturated rings. The van der Waals surface area contributed by atoms with Gasteiger partial charge in [0.05, 0.1) is 11.4 Å². The largest absolute Gasteiger partial charge is 0.489 e. The Morgan fingerprint density at radius 1 is 0.857 bits per heavy atom. The first kappa shape index (κ1) is 26.0. The third kappa shape index (κ3) is 7.18. The van der Waals surface area contributed by atoms with Gasteiger partial charge in [-0.2, -0.15) is 0 Å². The van der Waals surface area contributed by atoms with Crippen LogP contribution in [0.5, 0.6) is 11.5 Å². The lowest BCUT2D eigenvalue weighted by molar-refractivity contribution is -0.124. The van der Waals surface area contributed by atoms with E-state index in [1.165, 1.54) is 12.2 Å². The van der Waals surface area contributed by atoms with Crippen LogP contribution in [0.15, 0.2) is 78.1 Å². The number of allylic oxidation sites excluding steroid dienone is 2. The summed E-state index contributed by atoms with van der Waals surface area (Å²) in [5.41, 5.74) is 1.40. The zero-order valence-electron chi connectivity index (χ0n) is 19.4. The van der Waals surface area contributed by atoms with Gasteiger partial charge in [0.1, 0.15) is 18.1 Å². The second-order valence-electron chi connectivity index (χ2n) is 8.19. The summed E-state index contributed by atoms with van der Waals surface area (Å²) >= 11 is 0. The number of ether oxygens (including phenoxy) is 2. The summed E-state index contributed by atoms with van der Waals surface area (Å²) in [4.78, 5) is 41.3. The predicted molar refractivity (Wildman–Crippen MR) is 133 cm³/mol. The van der Waals surface area contributed by atoms with E-state index in [0.29, 0.717) is 36.9 Å². The Hall–Kier alpha value is -3.62. The first-order chi connectivity index (χ1) is 16.5. The van der Waals surface area contributed by atoms with Crippen LogP contribution < -0.4 is 14.8 Å². The first-order valence-corrected chi connectivity index (χ1v) is 11.1. The number of carbonyl (C=O) groups is 3. The molecule has 2 aliphatic rings. The average molecular weight is 498 g/mol. The fourth-order valence-electron chi connectivity index (χ4n) is 3.65. The van der Waals surface area contributed by atoms with Crippen LogP contribution in [0, 0.1) is 0 Å². The molecule has 1 N–H and O–H groups in total. The van der Waals surface area contributed by atoms with E-state index in [2.05, 4.69) is 10.2 Å². The molecule has 184 valence electrons. The van der Waals surface area contributed by atoms with E-state index < -0.39 is 11.7 Å². The number of amides is 1. The van der Waals surface area contributed by atoms with E-state index in [4.69, 9.17) is 9.47 Å². The normalized spacial score (nSPS) is 16.1. The van der Waals surface area contributed by atoms with Crippen LogP contribution in [-0.2, 0) is 21.0 Å². The minimum atomic E-state index is -0.520. The Balaban J connectivity index is 0.00000342. The highest BCUT2D eigenvalue weighted by molar-refractivity contribution is 6.20. The maximum Gasteiger partial charge on any atom is 0.262 e. The summed E-state index contributed by atoms with van der Waals surface area (Å²) in [6.45, 7) is 3.17. The summed E-state index contributed by atoms with van der Waals surface area (Å²) in [6, 6.07) is 16.7. The van der Waals surface area contributed by atoms with Crippen molar-refractivity contribution in [3.05, 3.63) is 83.7 Å². The summed E-state index contributed by atoms with van der Waals surface area (Å²) in [6.07, 6.45) is 2.49. The van der Waals surface area contributed by atoms with Gasteiger partial charge in [-0.05, 0) is 36.9 Å². The Labute approximate surface area is 210 Å². The zero-order valence-corrected chi connectivity index (χ0v) is 20.3. The van der Waals surface area contributed by atoms with Crippen LogP contribution in [0.1, 0.15) is 5.56 Å². The van der Waals surface area contributed by atoms with Crippen molar-refractivity contribution in [3.8, 4) is 11.5 Å². The number of nitrogens with zero attached hydrogens (tertiary/aromatic N) is 2. The molecule has 2 aromatic rings. The fourth-order valence-corrected chi connectivity index (χ4v) is 3.65. The van der Waals surface area contributed by atoms with E-state index in [1.807, 2.05) is 42.3 Å². The second-order valence-corrected chi connectivity index (χ2v) is 8.19. The molecule has 35 heavy (non-hydrogen) atoms. The van der Waals surface area contributed by atoms with Gasteiger partial charge in [0.15, 0.2) is 6.61 Å². The number of carbonyl (C=O) groups excluding carboxylic acids is 3. The Morgan fingerprint density at radius 3 is 2.14 bits per heavy atom. The summed E-state index contributed by atoms with van der Waals surface area (Å²) in [7, 11) is 2.02. The summed E-state index contributed by atoms with van der Waals surface area (Å²) in [5.74, 6) is -0.0407. The number of hydrogen-bond acceptors (Lipinski definition) is 7. The van der Waals surface area contributed by atoms with E-state index in [9.17, 15) is 14.4 Å². The van der Waals surface area contributed by atoms with Crippen molar-refractivity contribution in [1.29, 1.82) is 0 Å². The molecule has 0 radical (unpaired) electrons.